The van der Waals surface area contributed by atoms with E-state index in [-0.39, 0.29) is 6.04 Å². The number of rotatable bonds is 5. The lowest BCUT2D eigenvalue weighted by atomic mass is 9.95. The number of methoxy groups -OCH3 is 2. The number of nitrogens with two attached hydrogens (primary N) is 1. The van der Waals surface area contributed by atoms with Gasteiger partial charge in [0.05, 0.1) is 19.2 Å². The van der Waals surface area contributed by atoms with E-state index in [1.54, 1.807) is 14.2 Å². The third kappa shape index (κ3) is 3.44. The number of hydrogen-bond donors (Lipinski definition) is 1. The summed E-state index contributed by atoms with van der Waals surface area (Å²) in [4.78, 5) is 2.42. The minimum absolute atomic E-state index is 0.129. The van der Waals surface area contributed by atoms with Crippen LogP contribution in [0.5, 0.6) is 11.5 Å². The van der Waals surface area contributed by atoms with Gasteiger partial charge in [-0.2, -0.15) is 0 Å². The second kappa shape index (κ2) is 7.34. The van der Waals surface area contributed by atoms with E-state index < -0.39 is 0 Å². The lowest BCUT2D eigenvalue weighted by molar-refractivity contribution is 0.141. The molecule has 21 heavy (non-hydrogen) atoms. The van der Waals surface area contributed by atoms with Crippen molar-refractivity contribution >= 4 is 11.6 Å². The van der Waals surface area contributed by atoms with Gasteiger partial charge in [-0.1, -0.05) is 24.6 Å². The van der Waals surface area contributed by atoms with Crippen LogP contribution < -0.4 is 15.2 Å². The van der Waals surface area contributed by atoms with E-state index >= 15 is 0 Å². The lowest BCUT2D eigenvalue weighted by Gasteiger charge is -2.37. The standard InChI is InChI=1S/C16H25ClN2O2/c1-11-6-8-19(9-7-11)13(10-18)12-4-5-14(20-2)16(21-3)15(12)17/h4-5,11,13H,6-10,18H2,1-3H3. The molecule has 1 aromatic rings. The third-order valence-corrected chi connectivity index (χ3v) is 4.75. The molecule has 0 bridgehead atoms. The van der Waals surface area contributed by atoms with Crippen molar-refractivity contribution in [2.75, 3.05) is 33.9 Å². The average Bonchev–Trinajstić information content (AvgIpc) is 2.50. The quantitative estimate of drug-likeness (QED) is 0.907. The van der Waals surface area contributed by atoms with Crippen molar-refractivity contribution in [2.24, 2.45) is 11.7 Å². The van der Waals surface area contributed by atoms with Gasteiger partial charge in [-0.05, 0) is 43.5 Å². The topological polar surface area (TPSA) is 47.7 Å². The molecule has 2 N–H and O–H groups in total. The molecule has 1 saturated heterocycles. The van der Waals surface area contributed by atoms with Crippen LogP contribution in [0.1, 0.15) is 31.4 Å². The minimum Gasteiger partial charge on any atom is -0.493 e. The summed E-state index contributed by atoms with van der Waals surface area (Å²) in [6.45, 7) is 4.98. The lowest BCUT2D eigenvalue weighted by Crippen LogP contribution is -2.39. The normalized spacial score (nSPS) is 18.5. The van der Waals surface area contributed by atoms with Gasteiger partial charge in [0.1, 0.15) is 0 Å². The average molecular weight is 313 g/mol. The first-order chi connectivity index (χ1) is 10.1. The molecular formula is C16H25ClN2O2. The molecule has 118 valence electrons. The Labute approximate surface area is 132 Å². The molecule has 0 spiro atoms. The molecule has 1 fully saturated rings. The summed E-state index contributed by atoms with van der Waals surface area (Å²) >= 11 is 6.53. The van der Waals surface area contributed by atoms with Crippen molar-refractivity contribution in [1.82, 2.24) is 4.90 Å². The van der Waals surface area contributed by atoms with Crippen molar-refractivity contribution < 1.29 is 9.47 Å². The van der Waals surface area contributed by atoms with E-state index in [1.165, 1.54) is 12.8 Å². The molecule has 1 atom stereocenters. The molecule has 0 amide bonds. The third-order valence-electron chi connectivity index (χ3n) is 4.36. The monoisotopic (exact) mass is 312 g/mol. The van der Waals surface area contributed by atoms with Gasteiger partial charge in [0.25, 0.3) is 0 Å². The summed E-state index contributed by atoms with van der Waals surface area (Å²) in [7, 11) is 3.22. The van der Waals surface area contributed by atoms with Crippen molar-refractivity contribution in [3.63, 3.8) is 0 Å². The van der Waals surface area contributed by atoms with Crippen LogP contribution in [0.2, 0.25) is 5.02 Å². The summed E-state index contributed by atoms with van der Waals surface area (Å²) in [5, 5.41) is 0.603. The van der Waals surface area contributed by atoms with Crippen LogP contribution in [0.25, 0.3) is 0 Å². The zero-order valence-corrected chi connectivity index (χ0v) is 13.8. The second-order valence-electron chi connectivity index (χ2n) is 5.67. The van der Waals surface area contributed by atoms with Crippen molar-refractivity contribution in [3.8, 4) is 11.5 Å². The fraction of sp³-hybridized carbons (Fsp3) is 0.625. The van der Waals surface area contributed by atoms with E-state index in [1.807, 2.05) is 12.1 Å². The molecule has 1 aromatic carbocycles. The number of nitrogens with zero attached hydrogens (tertiary/aromatic N) is 1. The Bertz CT molecular complexity index is 474. The summed E-state index contributed by atoms with van der Waals surface area (Å²) in [5.74, 6) is 2.02. The Morgan fingerprint density at radius 1 is 1.29 bits per heavy atom. The fourth-order valence-electron chi connectivity index (χ4n) is 2.97. The maximum absolute atomic E-state index is 6.53. The van der Waals surface area contributed by atoms with E-state index in [2.05, 4.69) is 11.8 Å². The zero-order chi connectivity index (χ0) is 15.4. The molecule has 2 rings (SSSR count). The van der Waals surface area contributed by atoms with Gasteiger partial charge in [-0.25, -0.2) is 0 Å². The first kappa shape index (κ1) is 16.4. The van der Waals surface area contributed by atoms with Crippen LogP contribution in [0.3, 0.4) is 0 Å². The SMILES string of the molecule is COc1ccc(C(CN)N2CCC(C)CC2)c(Cl)c1OC. The molecule has 5 heteroatoms. The predicted molar refractivity (Wildman–Crippen MR) is 86.3 cm³/mol. The van der Waals surface area contributed by atoms with Crippen LogP contribution >= 0.6 is 11.6 Å². The van der Waals surface area contributed by atoms with E-state index in [4.69, 9.17) is 26.8 Å². The van der Waals surface area contributed by atoms with Crippen LogP contribution in [-0.4, -0.2) is 38.8 Å². The smallest absolute Gasteiger partial charge is 0.179 e. The van der Waals surface area contributed by atoms with Crippen LogP contribution in [0.4, 0.5) is 0 Å². The molecule has 1 heterocycles. The number of ether oxygens (including phenoxy) is 2. The summed E-state index contributed by atoms with van der Waals surface area (Å²) < 4.78 is 10.7. The first-order valence-corrected chi connectivity index (χ1v) is 7.84. The van der Waals surface area contributed by atoms with Crippen molar-refractivity contribution in [1.29, 1.82) is 0 Å². The molecule has 0 saturated carbocycles. The van der Waals surface area contributed by atoms with Crippen LogP contribution in [-0.2, 0) is 0 Å². The molecule has 4 nitrogen and oxygen atoms in total. The molecule has 1 aliphatic heterocycles. The van der Waals surface area contributed by atoms with Crippen LogP contribution in [0, 0.1) is 5.92 Å². The van der Waals surface area contributed by atoms with Crippen molar-refractivity contribution in [3.05, 3.63) is 22.7 Å². The highest BCUT2D eigenvalue weighted by Crippen LogP contribution is 2.41. The molecule has 0 aromatic heterocycles. The van der Waals surface area contributed by atoms with E-state index in [0.717, 1.165) is 24.6 Å². The van der Waals surface area contributed by atoms with Gasteiger partial charge in [0.15, 0.2) is 11.5 Å². The van der Waals surface area contributed by atoms with Gasteiger partial charge in [-0.15, -0.1) is 0 Å². The van der Waals surface area contributed by atoms with Gasteiger partial charge < -0.3 is 15.2 Å². The predicted octanol–water partition coefficient (Wildman–Crippen LogP) is 3.09. The number of halogens is 1. The molecule has 0 radical (unpaired) electrons. The van der Waals surface area contributed by atoms with Gasteiger partial charge in [0, 0.05) is 12.6 Å². The molecular weight excluding hydrogens is 288 g/mol. The Morgan fingerprint density at radius 2 is 1.95 bits per heavy atom. The summed E-state index contributed by atoms with van der Waals surface area (Å²) in [6.07, 6.45) is 2.42. The second-order valence-corrected chi connectivity index (χ2v) is 6.05. The van der Waals surface area contributed by atoms with Gasteiger partial charge >= 0.3 is 0 Å². The largest absolute Gasteiger partial charge is 0.493 e. The Kier molecular flexibility index (Phi) is 5.73. The maximum Gasteiger partial charge on any atom is 0.179 e. The van der Waals surface area contributed by atoms with E-state index in [0.29, 0.717) is 23.1 Å². The molecule has 1 aliphatic rings. The Balaban J connectivity index is 2.30. The van der Waals surface area contributed by atoms with E-state index in [9.17, 15) is 0 Å². The van der Waals surface area contributed by atoms with Crippen molar-refractivity contribution in [2.45, 2.75) is 25.8 Å². The first-order valence-electron chi connectivity index (χ1n) is 7.46. The summed E-state index contributed by atoms with van der Waals surface area (Å²) in [6, 6.07) is 4.03. The molecule has 0 aliphatic carbocycles. The number of piperidine rings is 1. The van der Waals surface area contributed by atoms with Gasteiger partial charge in [0.2, 0.25) is 0 Å². The Morgan fingerprint density at radius 3 is 2.48 bits per heavy atom. The van der Waals surface area contributed by atoms with Gasteiger partial charge in [-0.3, -0.25) is 4.90 Å². The number of likely N-dealkylation sites (tertiary alicyclic amines) is 1. The Hall–Kier alpha value is -0.970. The summed E-state index contributed by atoms with van der Waals surface area (Å²) in [5.41, 5.74) is 7.05. The fourth-order valence-corrected chi connectivity index (χ4v) is 3.33. The number of benzene rings is 1. The maximum atomic E-state index is 6.53. The highest BCUT2D eigenvalue weighted by Gasteiger charge is 2.27. The zero-order valence-electron chi connectivity index (χ0n) is 13.1. The highest BCUT2D eigenvalue weighted by molar-refractivity contribution is 6.33. The highest BCUT2D eigenvalue weighted by atomic mass is 35.5. The number of hydrogen-bond acceptors (Lipinski definition) is 4. The molecule has 1 unspecified atom stereocenters. The van der Waals surface area contributed by atoms with Crippen LogP contribution in [0.15, 0.2) is 12.1 Å². The minimum atomic E-state index is 0.129.